The average Bonchev–Trinajstić information content (AvgIpc) is 3.25. The molecule has 1 aliphatic carbocycles. The van der Waals surface area contributed by atoms with Crippen molar-refractivity contribution >= 4 is 11.3 Å². The molecule has 1 aromatic carbocycles. The van der Waals surface area contributed by atoms with E-state index in [1.807, 2.05) is 31.2 Å². The molecule has 2 N–H and O–H groups in total. The molecule has 1 saturated carbocycles. The number of aromatic nitrogens is 1. The summed E-state index contributed by atoms with van der Waals surface area (Å²) < 4.78 is 10.9. The van der Waals surface area contributed by atoms with Crippen molar-refractivity contribution in [3.8, 4) is 11.5 Å². The van der Waals surface area contributed by atoms with Crippen molar-refractivity contribution in [3.63, 3.8) is 0 Å². The number of nitrogens with two attached hydrogens (primary N) is 1. The summed E-state index contributed by atoms with van der Waals surface area (Å²) in [6.45, 7) is 2.51. The molecule has 0 aliphatic heterocycles. The topological polar surface area (TPSA) is 57.4 Å². The summed E-state index contributed by atoms with van der Waals surface area (Å²) in [5.74, 6) is 2.27. The van der Waals surface area contributed by atoms with Crippen LogP contribution in [-0.4, -0.2) is 12.1 Å². The van der Waals surface area contributed by atoms with E-state index in [1.165, 1.54) is 23.4 Å². The van der Waals surface area contributed by atoms with Crippen molar-refractivity contribution in [3.05, 3.63) is 39.8 Å². The maximum atomic E-state index is 6.05. The van der Waals surface area contributed by atoms with Crippen LogP contribution >= 0.6 is 11.3 Å². The molecule has 0 bridgehead atoms. The minimum Gasteiger partial charge on any atom is -0.497 e. The summed E-state index contributed by atoms with van der Waals surface area (Å²) in [6, 6.07) is 7.63. The Kier molecular flexibility index (Phi) is 4.12. The van der Waals surface area contributed by atoms with Gasteiger partial charge in [-0.1, -0.05) is 0 Å². The predicted molar refractivity (Wildman–Crippen MR) is 84.0 cm³/mol. The van der Waals surface area contributed by atoms with Crippen LogP contribution in [0, 0.1) is 0 Å². The van der Waals surface area contributed by atoms with Crippen LogP contribution in [0.25, 0.3) is 0 Å². The molecule has 0 spiro atoms. The lowest BCUT2D eigenvalue weighted by molar-refractivity contribution is 0.304. The number of thiazole rings is 1. The Morgan fingerprint density at radius 2 is 1.95 bits per heavy atom. The van der Waals surface area contributed by atoms with E-state index in [0.717, 1.165) is 16.5 Å². The van der Waals surface area contributed by atoms with Crippen LogP contribution in [0.5, 0.6) is 11.5 Å². The van der Waals surface area contributed by atoms with Crippen LogP contribution in [-0.2, 0) is 6.61 Å². The molecule has 1 aromatic heterocycles. The van der Waals surface area contributed by atoms with Crippen LogP contribution in [0.2, 0.25) is 0 Å². The van der Waals surface area contributed by atoms with Crippen LogP contribution in [0.4, 0.5) is 0 Å². The number of hydrogen-bond donors (Lipinski definition) is 1. The average molecular weight is 304 g/mol. The first kappa shape index (κ1) is 14.4. The first-order valence-corrected chi connectivity index (χ1v) is 8.01. The van der Waals surface area contributed by atoms with E-state index < -0.39 is 0 Å². The molecule has 0 saturated heterocycles. The fourth-order valence-corrected chi connectivity index (χ4v) is 3.26. The van der Waals surface area contributed by atoms with E-state index in [4.69, 9.17) is 20.2 Å². The highest BCUT2D eigenvalue weighted by Crippen LogP contribution is 2.44. The lowest BCUT2D eigenvalue weighted by atomic mass is 10.2. The van der Waals surface area contributed by atoms with Gasteiger partial charge in [0.2, 0.25) is 0 Å². The van der Waals surface area contributed by atoms with Gasteiger partial charge in [0.05, 0.1) is 12.8 Å². The Hall–Kier alpha value is -1.59. The van der Waals surface area contributed by atoms with E-state index in [0.29, 0.717) is 12.5 Å². The maximum Gasteiger partial charge on any atom is 0.140 e. The lowest BCUT2D eigenvalue weighted by Gasteiger charge is -2.05. The highest BCUT2D eigenvalue weighted by molar-refractivity contribution is 7.11. The Morgan fingerprint density at radius 1 is 1.29 bits per heavy atom. The van der Waals surface area contributed by atoms with Gasteiger partial charge in [0.15, 0.2) is 0 Å². The van der Waals surface area contributed by atoms with Crippen molar-refractivity contribution < 1.29 is 9.47 Å². The van der Waals surface area contributed by atoms with Gasteiger partial charge in [0.1, 0.15) is 23.1 Å². The first-order valence-electron chi connectivity index (χ1n) is 7.19. The molecule has 1 aliphatic rings. The van der Waals surface area contributed by atoms with Crippen molar-refractivity contribution in [1.82, 2.24) is 4.98 Å². The van der Waals surface area contributed by atoms with Gasteiger partial charge in [-0.15, -0.1) is 11.3 Å². The van der Waals surface area contributed by atoms with Crippen molar-refractivity contribution in [2.24, 2.45) is 5.73 Å². The molecule has 2 aromatic rings. The summed E-state index contributed by atoms with van der Waals surface area (Å²) in [7, 11) is 1.65. The Balaban J connectivity index is 1.68. The maximum absolute atomic E-state index is 6.05. The molecular weight excluding hydrogens is 284 g/mol. The standard InChI is InChI=1S/C16H20N2O2S/c1-10(17)16-15(11-3-4-11)18-14(21-16)9-20-13-7-5-12(19-2)6-8-13/h5-8,10-11H,3-4,9,17H2,1-2H3. The van der Waals surface area contributed by atoms with Gasteiger partial charge in [-0.3, -0.25) is 0 Å². The quantitative estimate of drug-likeness (QED) is 0.885. The van der Waals surface area contributed by atoms with Crippen LogP contribution < -0.4 is 15.2 Å². The molecule has 4 nitrogen and oxygen atoms in total. The summed E-state index contributed by atoms with van der Waals surface area (Å²) >= 11 is 1.68. The van der Waals surface area contributed by atoms with Gasteiger partial charge < -0.3 is 15.2 Å². The van der Waals surface area contributed by atoms with Gasteiger partial charge in [-0.25, -0.2) is 4.98 Å². The van der Waals surface area contributed by atoms with Gasteiger partial charge >= 0.3 is 0 Å². The van der Waals surface area contributed by atoms with Crippen LogP contribution in [0.1, 0.15) is 47.3 Å². The fraction of sp³-hybridized carbons (Fsp3) is 0.438. The Morgan fingerprint density at radius 3 is 2.52 bits per heavy atom. The van der Waals surface area contributed by atoms with E-state index >= 15 is 0 Å². The third-order valence-electron chi connectivity index (χ3n) is 3.52. The number of ether oxygens (including phenoxy) is 2. The zero-order chi connectivity index (χ0) is 14.8. The monoisotopic (exact) mass is 304 g/mol. The van der Waals surface area contributed by atoms with E-state index in [1.54, 1.807) is 18.4 Å². The number of nitrogens with zero attached hydrogens (tertiary/aromatic N) is 1. The molecule has 5 heteroatoms. The summed E-state index contributed by atoms with van der Waals surface area (Å²) in [5.41, 5.74) is 7.25. The van der Waals surface area contributed by atoms with Crippen LogP contribution in [0.3, 0.4) is 0 Å². The number of rotatable bonds is 6. The van der Waals surface area contributed by atoms with Crippen LogP contribution in [0.15, 0.2) is 24.3 Å². The van der Waals surface area contributed by atoms with Gasteiger partial charge in [-0.2, -0.15) is 0 Å². The minimum atomic E-state index is 0.0489. The Bertz CT molecular complexity index is 584. The van der Waals surface area contributed by atoms with Crippen molar-refractivity contribution in [1.29, 1.82) is 0 Å². The second-order valence-electron chi connectivity index (χ2n) is 5.38. The highest BCUT2D eigenvalue weighted by atomic mass is 32.1. The summed E-state index contributed by atoms with van der Waals surface area (Å²) in [4.78, 5) is 5.94. The second-order valence-corrected chi connectivity index (χ2v) is 6.50. The van der Waals surface area contributed by atoms with E-state index in [-0.39, 0.29) is 6.04 Å². The zero-order valence-electron chi connectivity index (χ0n) is 12.3. The second kappa shape index (κ2) is 6.03. The molecule has 0 radical (unpaired) electrons. The smallest absolute Gasteiger partial charge is 0.140 e. The third kappa shape index (κ3) is 3.36. The van der Waals surface area contributed by atoms with Crippen molar-refractivity contribution in [2.45, 2.75) is 38.3 Å². The molecule has 0 amide bonds. The first-order chi connectivity index (χ1) is 10.2. The highest BCUT2D eigenvalue weighted by Gasteiger charge is 2.30. The molecule has 3 rings (SSSR count). The van der Waals surface area contributed by atoms with Gasteiger partial charge in [0, 0.05) is 16.8 Å². The third-order valence-corrected chi connectivity index (χ3v) is 4.77. The van der Waals surface area contributed by atoms with Gasteiger partial charge in [0.25, 0.3) is 0 Å². The lowest BCUT2D eigenvalue weighted by Crippen LogP contribution is -2.05. The molecular formula is C16H20N2O2S. The predicted octanol–water partition coefficient (Wildman–Crippen LogP) is 3.63. The van der Waals surface area contributed by atoms with E-state index in [9.17, 15) is 0 Å². The van der Waals surface area contributed by atoms with E-state index in [2.05, 4.69) is 0 Å². The minimum absolute atomic E-state index is 0.0489. The summed E-state index contributed by atoms with van der Waals surface area (Å²) in [5, 5.41) is 1.00. The SMILES string of the molecule is COc1ccc(OCc2nc(C3CC3)c(C(C)N)s2)cc1. The summed E-state index contributed by atoms with van der Waals surface area (Å²) in [6.07, 6.45) is 2.48. The molecule has 1 atom stereocenters. The van der Waals surface area contributed by atoms with Crippen molar-refractivity contribution in [2.75, 3.05) is 7.11 Å². The normalized spacial score (nSPS) is 15.8. The number of methoxy groups -OCH3 is 1. The molecule has 1 fully saturated rings. The number of benzene rings is 1. The Labute approximate surface area is 128 Å². The largest absolute Gasteiger partial charge is 0.497 e. The van der Waals surface area contributed by atoms with Gasteiger partial charge in [-0.05, 0) is 44.0 Å². The zero-order valence-corrected chi connectivity index (χ0v) is 13.2. The number of hydrogen-bond acceptors (Lipinski definition) is 5. The molecule has 21 heavy (non-hydrogen) atoms. The molecule has 1 heterocycles. The molecule has 1 unspecified atom stereocenters. The fourth-order valence-electron chi connectivity index (χ4n) is 2.25. The molecule has 112 valence electrons.